The summed E-state index contributed by atoms with van der Waals surface area (Å²) in [6.07, 6.45) is 0. The fourth-order valence-corrected chi connectivity index (χ4v) is 1.16. The van der Waals surface area contributed by atoms with Crippen molar-refractivity contribution in [1.82, 2.24) is 0 Å². The standard InChI is InChI=1S/C9H14N2O2/c1-13-9(12,6-10)7-4-2-3-5-8(7)11/h2-5,12H,6,10-11H2,1H3. The average molecular weight is 182 g/mol. The minimum atomic E-state index is -1.48. The van der Waals surface area contributed by atoms with Crippen LogP contribution in [-0.4, -0.2) is 18.8 Å². The van der Waals surface area contributed by atoms with Crippen LogP contribution < -0.4 is 11.5 Å². The third-order valence-corrected chi connectivity index (χ3v) is 2.00. The normalized spacial score (nSPS) is 15.3. The molecule has 0 heterocycles. The van der Waals surface area contributed by atoms with Crippen LogP contribution in [0.4, 0.5) is 5.69 Å². The molecule has 0 amide bonds. The van der Waals surface area contributed by atoms with Crippen molar-refractivity contribution in [2.24, 2.45) is 5.73 Å². The largest absolute Gasteiger partial charge is 0.398 e. The number of nitrogens with two attached hydrogens (primary N) is 2. The van der Waals surface area contributed by atoms with E-state index in [1.165, 1.54) is 7.11 Å². The number of hydrogen-bond donors (Lipinski definition) is 3. The molecule has 0 aromatic heterocycles. The molecule has 72 valence electrons. The summed E-state index contributed by atoms with van der Waals surface area (Å²) >= 11 is 0. The smallest absolute Gasteiger partial charge is 0.206 e. The van der Waals surface area contributed by atoms with Crippen molar-refractivity contribution in [1.29, 1.82) is 0 Å². The lowest BCUT2D eigenvalue weighted by atomic mass is 10.0. The summed E-state index contributed by atoms with van der Waals surface area (Å²) < 4.78 is 4.90. The molecular weight excluding hydrogens is 168 g/mol. The van der Waals surface area contributed by atoms with E-state index in [-0.39, 0.29) is 6.54 Å². The minimum Gasteiger partial charge on any atom is -0.398 e. The molecule has 0 aliphatic heterocycles. The predicted octanol–water partition coefficient (Wildman–Crippen LogP) is 0.0190. The molecule has 5 N–H and O–H groups in total. The van der Waals surface area contributed by atoms with Gasteiger partial charge in [-0.3, -0.25) is 0 Å². The molecule has 0 spiro atoms. The van der Waals surface area contributed by atoms with Crippen molar-refractivity contribution in [3.05, 3.63) is 29.8 Å². The highest BCUT2D eigenvalue weighted by molar-refractivity contribution is 5.48. The van der Waals surface area contributed by atoms with Crippen LogP contribution in [0.15, 0.2) is 24.3 Å². The van der Waals surface area contributed by atoms with Crippen molar-refractivity contribution in [3.8, 4) is 0 Å². The van der Waals surface area contributed by atoms with E-state index < -0.39 is 5.79 Å². The third kappa shape index (κ3) is 1.80. The number of methoxy groups -OCH3 is 1. The molecule has 0 radical (unpaired) electrons. The molecular formula is C9H14N2O2. The van der Waals surface area contributed by atoms with Gasteiger partial charge in [0.2, 0.25) is 5.79 Å². The van der Waals surface area contributed by atoms with Gasteiger partial charge >= 0.3 is 0 Å². The Morgan fingerprint density at radius 1 is 1.46 bits per heavy atom. The second kappa shape index (κ2) is 3.74. The summed E-state index contributed by atoms with van der Waals surface area (Å²) in [4.78, 5) is 0. The van der Waals surface area contributed by atoms with Gasteiger partial charge < -0.3 is 21.3 Å². The van der Waals surface area contributed by atoms with E-state index in [2.05, 4.69) is 0 Å². The molecule has 0 aliphatic carbocycles. The molecule has 4 heteroatoms. The number of anilines is 1. The summed E-state index contributed by atoms with van der Waals surface area (Å²) in [7, 11) is 1.39. The lowest BCUT2D eigenvalue weighted by Crippen LogP contribution is -2.37. The monoisotopic (exact) mass is 182 g/mol. The summed E-state index contributed by atoms with van der Waals surface area (Å²) in [6, 6.07) is 6.93. The zero-order chi connectivity index (χ0) is 9.90. The van der Waals surface area contributed by atoms with E-state index in [0.29, 0.717) is 11.3 Å². The number of aliphatic hydroxyl groups is 1. The van der Waals surface area contributed by atoms with Gasteiger partial charge in [-0.15, -0.1) is 0 Å². The molecule has 0 saturated carbocycles. The molecule has 1 atom stereocenters. The average Bonchev–Trinajstić information content (AvgIpc) is 2.17. The topological polar surface area (TPSA) is 81.5 Å². The Labute approximate surface area is 77.1 Å². The quantitative estimate of drug-likeness (QED) is 0.454. The van der Waals surface area contributed by atoms with Gasteiger partial charge in [-0.25, -0.2) is 0 Å². The molecule has 1 aromatic rings. The summed E-state index contributed by atoms with van der Waals surface area (Å²) in [5.41, 5.74) is 12.0. The molecule has 0 saturated heterocycles. The Morgan fingerprint density at radius 3 is 2.54 bits per heavy atom. The highest BCUT2D eigenvalue weighted by Gasteiger charge is 2.28. The summed E-state index contributed by atoms with van der Waals surface area (Å²) in [6.45, 7) is -0.0300. The van der Waals surface area contributed by atoms with Crippen molar-refractivity contribution in [2.75, 3.05) is 19.4 Å². The van der Waals surface area contributed by atoms with Gasteiger partial charge in [0.1, 0.15) is 0 Å². The van der Waals surface area contributed by atoms with Gasteiger partial charge in [-0.05, 0) is 6.07 Å². The first-order chi connectivity index (χ1) is 6.14. The molecule has 1 aromatic carbocycles. The second-order valence-corrected chi connectivity index (χ2v) is 2.78. The van der Waals surface area contributed by atoms with Crippen LogP contribution in [-0.2, 0) is 10.5 Å². The SMILES string of the molecule is COC(O)(CN)c1ccccc1N. The first kappa shape index (κ1) is 9.98. The Kier molecular flexibility index (Phi) is 2.87. The lowest BCUT2D eigenvalue weighted by Gasteiger charge is -2.26. The van der Waals surface area contributed by atoms with Gasteiger partial charge in [0, 0.05) is 18.4 Å². The maximum atomic E-state index is 9.85. The van der Waals surface area contributed by atoms with E-state index >= 15 is 0 Å². The minimum absolute atomic E-state index is 0.0300. The predicted molar refractivity (Wildman–Crippen MR) is 50.8 cm³/mol. The third-order valence-electron chi connectivity index (χ3n) is 2.00. The van der Waals surface area contributed by atoms with E-state index in [0.717, 1.165) is 0 Å². The van der Waals surface area contributed by atoms with Crippen LogP contribution in [0.1, 0.15) is 5.56 Å². The molecule has 1 unspecified atom stereocenters. The van der Waals surface area contributed by atoms with Crippen LogP contribution in [0.5, 0.6) is 0 Å². The Balaban J connectivity index is 3.12. The van der Waals surface area contributed by atoms with Crippen molar-refractivity contribution < 1.29 is 9.84 Å². The highest BCUT2D eigenvalue weighted by atomic mass is 16.6. The number of benzene rings is 1. The zero-order valence-electron chi connectivity index (χ0n) is 7.53. The van der Waals surface area contributed by atoms with Gasteiger partial charge in [0.05, 0.1) is 6.54 Å². The Bertz CT molecular complexity index is 285. The van der Waals surface area contributed by atoms with E-state index in [1.54, 1.807) is 24.3 Å². The summed E-state index contributed by atoms with van der Waals surface area (Å²) in [5.74, 6) is -1.48. The van der Waals surface area contributed by atoms with Gasteiger partial charge in [-0.1, -0.05) is 18.2 Å². The number of hydrogen-bond acceptors (Lipinski definition) is 4. The van der Waals surface area contributed by atoms with Crippen LogP contribution in [0.2, 0.25) is 0 Å². The zero-order valence-corrected chi connectivity index (χ0v) is 7.53. The van der Waals surface area contributed by atoms with Crippen molar-refractivity contribution >= 4 is 5.69 Å². The van der Waals surface area contributed by atoms with E-state index in [4.69, 9.17) is 16.2 Å². The molecule has 13 heavy (non-hydrogen) atoms. The van der Waals surface area contributed by atoms with Crippen LogP contribution in [0.3, 0.4) is 0 Å². The van der Waals surface area contributed by atoms with Gasteiger partial charge in [0.25, 0.3) is 0 Å². The fourth-order valence-electron chi connectivity index (χ4n) is 1.16. The number of nitrogen functional groups attached to an aromatic ring is 1. The number of ether oxygens (including phenoxy) is 1. The lowest BCUT2D eigenvalue weighted by molar-refractivity contribution is -0.185. The van der Waals surface area contributed by atoms with Crippen molar-refractivity contribution in [3.63, 3.8) is 0 Å². The number of para-hydroxylation sites is 1. The Morgan fingerprint density at radius 2 is 2.08 bits per heavy atom. The maximum absolute atomic E-state index is 9.85. The highest BCUT2D eigenvalue weighted by Crippen LogP contribution is 2.25. The van der Waals surface area contributed by atoms with Crippen molar-refractivity contribution in [2.45, 2.75) is 5.79 Å². The molecule has 0 aliphatic rings. The van der Waals surface area contributed by atoms with Crippen LogP contribution >= 0.6 is 0 Å². The van der Waals surface area contributed by atoms with E-state index in [9.17, 15) is 5.11 Å². The number of rotatable bonds is 3. The fraction of sp³-hybridized carbons (Fsp3) is 0.333. The molecule has 0 fully saturated rings. The molecule has 0 bridgehead atoms. The summed E-state index contributed by atoms with van der Waals surface area (Å²) in [5, 5.41) is 9.85. The van der Waals surface area contributed by atoms with E-state index in [1.807, 2.05) is 0 Å². The first-order valence-corrected chi connectivity index (χ1v) is 3.96. The van der Waals surface area contributed by atoms with Gasteiger partial charge in [0.15, 0.2) is 0 Å². The van der Waals surface area contributed by atoms with Crippen LogP contribution in [0, 0.1) is 0 Å². The molecule has 4 nitrogen and oxygen atoms in total. The van der Waals surface area contributed by atoms with Crippen LogP contribution in [0.25, 0.3) is 0 Å². The molecule has 1 rings (SSSR count). The first-order valence-electron chi connectivity index (χ1n) is 3.96. The second-order valence-electron chi connectivity index (χ2n) is 2.78. The van der Waals surface area contributed by atoms with Gasteiger partial charge in [-0.2, -0.15) is 0 Å². The Hall–Kier alpha value is -1.10. The maximum Gasteiger partial charge on any atom is 0.206 e.